The smallest absolute Gasteiger partial charge is 0.257 e. The molecule has 4 aromatic rings. The van der Waals surface area contributed by atoms with Gasteiger partial charge in [0.1, 0.15) is 0 Å². The highest BCUT2D eigenvalue weighted by Crippen LogP contribution is 2.25. The molecule has 1 saturated heterocycles. The van der Waals surface area contributed by atoms with Crippen LogP contribution in [0.3, 0.4) is 0 Å². The average molecular weight is 430 g/mol. The van der Waals surface area contributed by atoms with Crippen LogP contribution in [0.4, 0.5) is 27.5 Å². The molecule has 5 rings (SSSR count). The van der Waals surface area contributed by atoms with Crippen LogP contribution in [0.2, 0.25) is 0 Å². The quantitative estimate of drug-likeness (QED) is 0.415. The maximum atomic E-state index is 14.6. The van der Waals surface area contributed by atoms with E-state index in [1.807, 2.05) is 24.3 Å². The van der Waals surface area contributed by atoms with E-state index >= 15 is 0 Å². The van der Waals surface area contributed by atoms with E-state index in [2.05, 4.69) is 30.5 Å². The molecule has 0 spiro atoms. The van der Waals surface area contributed by atoms with Gasteiger partial charge < -0.3 is 20.5 Å². The zero-order chi connectivity index (χ0) is 22.1. The monoisotopic (exact) mass is 430 g/mol. The Morgan fingerprint density at radius 3 is 2.53 bits per heavy atom. The summed E-state index contributed by atoms with van der Waals surface area (Å²) < 4.78 is 14.6. The number of amides is 1. The van der Waals surface area contributed by atoms with Gasteiger partial charge in [-0.3, -0.25) is 4.79 Å². The van der Waals surface area contributed by atoms with Crippen LogP contribution in [-0.4, -0.2) is 33.9 Å². The highest BCUT2D eigenvalue weighted by Gasteiger charge is 2.19. The van der Waals surface area contributed by atoms with Gasteiger partial charge in [0.2, 0.25) is 5.95 Å². The van der Waals surface area contributed by atoms with E-state index in [9.17, 15) is 9.18 Å². The van der Waals surface area contributed by atoms with Gasteiger partial charge in [-0.05, 0) is 50.1 Å². The Kier molecular flexibility index (Phi) is 5.18. The van der Waals surface area contributed by atoms with E-state index in [4.69, 9.17) is 0 Å². The van der Waals surface area contributed by atoms with Crippen molar-refractivity contribution in [3.63, 3.8) is 0 Å². The second kappa shape index (κ2) is 8.30. The number of hydrogen-bond donors (Lipinski definition) is 3. The minimum atomic E-state index is -0.468. The minimum Gasteiger partial charge on any atom is -0.360 e. The van der Waals surface area contributed by atoms with E-state index in [0.717, 1.165) is 36.8 Å². The van der Waals surface area contributed by atoms with Crippen molar-refractivity contribution in [1.82, 2.24) is 15.0 Å². The molecule has 3 heterocycles. The van der Waals surface area contributed by atoms with Crippen LogP contribution in [-0.2, 0) is 0 Å². The van der Waals surface area contributed by atoms with E-state index in [0.29, 0.717) is 28.6 Å². The van der Waals surface area contributed by atoms with Gasteiger partial charge in [-0.15, -0.1) is 0 Å². The van der Waals surface area contributed by atoms with Crippen LogP contribution in [0.15, 0.2) is 54.7 Å². The third-order valence-electron chi connectivity index (χ3n) is 5.63. The van der Waals surface area contributed by atoms with Crippen molar-refractivity contribution in [2.75, 3.05) is 28.6 Å². The number of H-pyrrole nitrogens is 1. The standard InChI is InChI=1S/C24H23FN6O/c1-15-21(25)22(30-24(27-15)31-12-4-5-13-31)28-16-8-10-17(11-9-16)29-23(32)19-14-26-20-7-3-2-6-18(19)20/h2-3,6-11,14,26H,4-5,12-13H2,1H3,(H,29,32)(H,27,28,30). The normalized spacial score (nSPS) is 13.5. The molecular formula is C24H23FN6O. The molecule has 0 atom stereocenters. The van der Waals surface area contributed by atoms with Gasteiger partial charge >= 0.3 is 0 Å². The number of carbonyl (C=O) groups is 1. The SMILES string of the molecule is Cc1nc(N2CCCC2)nc(Nc2ccc(NC(=O)c3c[nH]c4ccccc34)cc2)c1F. The molecule has 2 aromatic carbocycles. The summed E-state index contributed by atoms with van der Waals surface area (Å²) >= 11 is 0. The van der Waals surface area contributed by atoms with E-state index in [1.54, 1.807) is 37.4 Å². The average Bonchev–Trinajstić information content (AvgIpc) is 3.48. The molecular weight excluding hydrogens is 407 g/mol. The summed E-state index contributed by atoms with van der Waals surface area (Å²) in [5, 5.41) is 6.81. The van der Waals surface area contributed by atoms with Crippen molar-refractivity contribution in [2.24, 2.45) is 0 Å². The molecule has 1 fully saturated rings. The third-order valence-corrected chi connectivity index (χ3v) is 5.63. The summed E-state index contributed by atoms with van der Waals surface area (Å²) in [6, 6.07) is 14.7. The first-order valence-electron chi connectivity index (χ1n) is 10.6. The van der Waals surface area contributed by atoms with Crippen LogP contribution < -0.4 is 15.5 Å². The van der Waals surface area contributed by atoms with Gasteiger partial charge in [-0.1, -0.05) is 18.2 Å². The summed E-state index contributed by atoms with van der Waals surface area (Å²) in [7, 11) is 0. The van der Waals surface area contributed by atoms with Crippen molar-refractivity contribution in [2.45, 2.75) is 19.8 Å². The largest absolute Gasteiger partial charge is 0.360 e. The molecule has 0 unspecified atom stereocenters. The Bertz CT molecular complexity index is 1280. The van der Waals surface area contributed by atoms with Crippen LogP contribution in [0.5, 0.6) is 0 Å². The summed E-state index contributed by atoms with van der Waals surface area (Å²) in [5.41, 5.74) is 3.11. The Labute approximate surface area is 184 Å². The highest BCUT2D eigenvalue weighted by atomic mass is 19.1. The van der Waals surface area contributed by atoms with Crippen LogP contribution in [0, 0.1) is 12.7 Å². The lowest BCUT2D eigenvalue weighted by Gasteiger charge is -2.17. The molecule has 3 N–H and O–H groups in total. The van der Waals surface area contributed by atoms with E-state index < -0.39 is 5.82 Å². The number of aryl methyl sites for hydroxylation is 1. The van der Waals surface area contributed by atoms with Crippen LogP contribution in [0.25, 0.3) is 10.9 Å². The van der Waals surface area contributed by atoms with Crippen molar-refractivity contribution in [1.29, 1.82) is 0 Å². The maximum Gasteiger partial charge on any atom is 0.257 e. The van der Waals surface area contributed by atoms with Gasteiger partial charge in [0, 0.05) is 41.6 Å². The maximum absolute atomic E-state index is 14.6. The lowest BCUT2D eigenvalue weighted by atomic mass is 10.1. The number of anilines is 4. The fourth-order valence-electron chi connectivity index (χ4n) is 3.92. The number of aromatic nitrogens is 3. The van der Waals surface area contributed by atoms with Gasteiger partial charge in [0.25, 0.3) is 5.91 Å². The number of nitrogens with one attached hydrogen (secondary N) is 3. The highest BCUT2D eigenvalue weighted by molar-refractivity contribution is 6.12. The number of benzene rings is 2. The number of para-hydroxylation sites is 1. The molecule has 8 heteroatoms. The molecule has 2 aromatic heterocycles. The Morgan fingerprint density at radius 2 is 1.75 bits per heavy atom. The Balaban J connectivity index is 1.31. The third kappa shape index (κ3) is 3.87. The predicted molar refractivity (Wildman–Crippen MR) is 124 cm³/mol. The van der Waals surface area contributed by atoms with Crippen LogP contribution in [0.1, 0.15) is 28.9 Å². The van der Waals surface area contributed by atoms with Gasteiger partial charge in [-0.2, -0.15) is 4.98 Å². The molecule has 0 bridgehead atoms. The first-order valence-corrected chi connectivity index (χ1v) is 10.6. The molecule has 1 aliphatic heterocycles. The molecule has 0 aliphatic carbocycles. The fourth-order valence-corrected chi connectivity index (χ4v) is 3.92. The summed E-state index contributed by atoms with van der Waals surface area (Å²) in [6.45, 7) is 3.41. The van der Waals surface area contributed by atoms with E-state index in [-0.39, 0.29) is 11.7 Å². The number of fused-ring (bicyclic) bond motifs is 1. The molecule has 1 amide bonds. The zero-order valence-corrected chi connectivity index (χ0v) is 17.7. The fraction of sp³-hybridized carbons (Fsp3) is 0.208. The number of rotatable bonds is 5. The lowest BCUT2D eigenvalue weighted by Crippen LogP contribution is -2.21. The van der Waals surface area contributed by atoms with Gasteiger partial charge in [0.15, 0.2) is 11.6 Å². The second-order valence-corrected chi connectivity index (χ2v) is 7.87. The molecule has 1 aliphatic rings. The Hall–Kier alpha value is -3.94. The number of nitrogens with zero attached hydrogens (tertiary/aromatic N) is 3. The van der Waals surface area contributed by atoms with Crippen molar-refractivity contribution in [3.05, 3.63) is 71.8 Å². The van der Waals surface area contributed by atoms with E-state index in [1.165, 1.54) is 0 Å². The molecule has 0 saturated carbocycles. The first-order chi connectivity index (χ1) is 15.6. The number of aromatic amines is 1. The number of halogens is 1. The molecule has 32 heavy (non-hydrogen) atoms. The minimum absolute atomic E-state index is 0.148. The van der Waals surface area contributed by atoms with Gasteiger partial charge in [-0.25, -0.2) is 9.37 Å². The first kappa shape index (κ1) is 20.0. The summed E-state index contributed by atoms with van der Waals surface area (Å²) in [5.74, 6) is 0.0297. The van der Waals surface area contributed by atoms with Crippen LogP contribution >= 0.6 is 0 Å². The Morgan fingerprint density at radius 1 is 1.03 bits per heavy atom. The van der Waals surface area contributed by atoms with Gasteiger partial charge in [0.05, 0.1) is 11.3 Å². The summed E-state index contributed by atoms with van der Waals surface area (Å²) in [4.78, 5) is 26.6. The second-order valence-electron chi connectivity index (χ2n) is 7.87. The van der Waals surface area contributed by atoms with Crippen molar-refractivity contribution in [3.8, 4) is 0 Å². The number of hydrogen-bond acceptors (Lipinski definition) is 5. The zero-order valence-electron chi connectivity index (χ0n) is 17.7. The van der Waals surface area contributed by atoms with Crippen molar-refractivity contribution >= 4 is 40.0 Å². The van der Waals surface area contributed by atoms with Crippen molar-refractivity contribution < 1.29 is 9.18 Å². The lowest BCUT2D eigenvalue weighted by molar-refractivity contribution is 0.102. The summed E-state index contributed by atoms with van der Waals surface area (Å²) in [6.07, 6.45) is 3.89. The molecule has 7 nitrogen and oxygen atoms in total. The topological polar surface area (TPSA) is 85.9 Å². The predicted octanol–water partition coefficient (Wildman–Crippen LogP) is 5.00. The molecule has 162 valence electrons. The molecule has 0 radical (unpaired) electrons. The number of carbonyl (C=O) groups excluding carboxylic acids is 1.